The van der Waals surface area contributed by atoms with Gasteiger partial charge in [0.2, 0.25) is 0 Å². The van der Waals surface area contributed by atoms with Gasteiger partial charge in [0.1, 0.15) is 0 Å². The summed E-state index contributed by atoms with van der Waals surface area (Å²) >= 11 is 0. The third-order valence-corrected chi connectivity index (χ3v) is 1.89. The predicted molar refractivity (Wildman–Crippen MR) is 40.1 cm³/mol. The Bertz CT molecular complexity index is 144. The summed E-state index contributed by atoms with van der Waals surface area (Å²) in [6, 6.07) is 0. The molecule has 0 bridgehead atoms. The summed E-state index contributed by atoms with van der Waals surface area (Å²) in [6.45, 7) is 2.99. The van der Waals surface area contributed by atoms with Crippen LogP contribution in [0, 0.1) is 11.8 Å². The van der Waals surface area contributed by atoms with Crippen LogP contribution in [0.4, 0.5) is 0 Å². The van der Waals surface area contributed by atoms with E-state index in [0.29, 0.717) is 19.1 Å². The van der Waals surface area contributed by atoms with Crippen molar-refractivity contribution in [3.05, 3.63) is 0 Å². The number of carbonyl (C=O) groups excluding carboxylic acids is 1. The Labute approximate surface area is 66.7 Å². The summed E-state index contributed by atoms with van der Waals surface area (Å²) in [6.07, 6.45) is 0.937. The maximum atomic E-state index is 11.0. The van der Waals surface area contributed by atoms with Crippen LogP contribution >= 0.6 is 0 Å². The van der Waals surface area contributed by atoms with Crippen LogP contribution in [-0.4, -0.2) is 26.3 Å². The van der Waals surface area contributed by atoms with Crippen LogP contribution in [0.3, 0.4) is 0 Å². The highest BCUT2D eigenvalue weighted by Gasteiger charge is 2.43. The fraction of sp³-hybridized carbons (Fsp3) is 0.875. The summed E-state index contributed by atoms with van der Waals surface area (Å²) in [5.74, 6) is 0.475. The van der Waals surface area contributed by atoms with Gasteiger partial charge in [-0.2, -0.15) is 0 Å². The van der Waals surface area contributed by atoms with Gasteiger partial charge in [-0.25, -0.2) is 0 Å². The van der Waals surface area contributed by atoms with Gasteiger partial charge in [0, 0.05) is 13.7 Å². The van der Waals surface area contributed by atoms with E-state index >= 15 is 0 Å². The molecular weight excluding hydrogens is 144 g/mol. The molecule has 0 amide bonds. The first-order chi connectivity index (χ1) is 5.29. The van der Waals surface area contributed by atoms with Gasteiger partial charge in [0.15, 0.2) is 0 Å². The summed E-state index contributed by atoms with van der Waals surface area (Å²) in [7, 11) is 1.65. The molecule has 3 nitrogen and oxygen atoms in total. The van der Waals surface area contributed by atoms with Crippen molar-refractivity contribution in [2.45, 2.75) is 13.3 Å². The van der Waals surface area contributed by atoms with E-state index in [1.54, 1.807) is 7.11 Å². The molecule has 1 aliphatic rings. The minimum absolute atomic E-state index is 0.0606. The van der Waals surface area contributed by atoms with Crippen molar-refractivity contribution in [2.24, 2.45) is 11.8 Å². The zero-order chi connectivity index (χ0) is 8.27. The molecule has 11 heavy (non-hydrogen) atoms. The summed E-state index contributed by atoms with van der Waals surface area (Å²) in [4.78, 5) is 11.0. The maximum absolute atomic E-state index is 11.0. The topological polar surface area (TPSA) is 35.5 Å². The molecule has 0 aliphatic heterocycles. The number of ether oxygens (including phenoxy) is 2. The SMILES string of the molecule is CCOC(=O)[C@H]1C[C@@H]1COC. The Balaban J connectivity index is 2.15. The molecule has 0 radical (unpaired) electrons. The van der Waals surface area contributed by atoms with E-state index in [2.05, 4.69) is 0 Å². The molecule has 0 heterocycles. The van der Waals surface area contributed by atoms with Crippen molar-refractivity contribution in [3.63, 3.8) is 0 Å². The van der Waals surface area contributed by atoms with E-state index < -0.39 is 0 Å². The third-order valence-electron chi connectivity index (χ3n) is 1.89. The van der Waals surface area contributed by atoms with E-state index in [0.717, 1.165) is 6.42 Å². The Hall–Kier alpha value is -0.570. The number of rotatable bonds is 4. The van der Waals surface area contributed by atoms with Gasteiger partial charge >= 0.3 is 5.97 Å². The molecule has 1 fully saturated rings. The molecule has 1 rings (SSSR count). The zero-order valence-electron chi connectivity index (χ0n) is 7.00. The van der Waals surface area contributed by atoms with Crippen molar-refractivity contribution in [3.8, 4) is 0 Å². The van der Waals surface area contributed by atoms with Gasteiger partial charge in [-0.15, -0.1) is 0 Å². The molecule has 1 aliphatic carbocycles. The van der Waals surface area contributed by atoms with Crippen molar-refractivity contribution in [1.29, 1.82) is 0 Å². The van der Waals surface area contributed by atoms with E-state index in [1.165, 1.54) is 0 Å². The van der Waals surface area contributed by atoms with E-state index in [4.69, 9.17) is 9.47 Å². The molecular formula is C8H14O3. The molecule has 3 heteroatoms. The molecule has 0 aromatic carbocycles. The van der Waals surface area contributed by atoms with Crippen LogP contribution in [0.15, 0.2) is 0 Å². The standard InChI is InChI=1S/C8H14O3/c1-3-11-8(9)7-4-6(7)5-10-2/h6-7H,3-5H2,1-2H3/t6-,7+/m1/s1. The van der Waals surface area contributed by atoms with Gasteiger partial charge < -0.3 is 9.47 Å². The molecule has 0 saturated heterocycles. The zero-order valence-corrected chi connectivity index (χ0v) is 7.00. The van der Waals surface area contributed by atoms with Gasteiger partial charge in [-0.05, 0) is 19.3 Å². The van der Waals surface area contributed by atoms with Gasteiger partial charge in [0.05, 0.1) is 12.5 Å². The van der Waals surface area contributed by atoms with Gasteiger partial charge in [0.25, 0.3) is 0 Å². The van der Waals surface area contributed by atoms with Crippen molar-refractivity contribution in [1.82, 2.24) is 0 Å². The summed E-state index contributed by atoms with van der Waals surface area (Å²) in [5.41, 5.74) is 0. The monoisotopic (exact) mass is 158 g/mol. The van der Waals surface area contributed by atoms with Crippen molar-refractivity contribution in [2.75, 3.05) is 20.3 Å². The molecule has 2 atom stereocenters. The predicted octanol–water partition coefficient (Wildman–Crippen LogP) is 0.832. The first kappa shape index (κ1) is 8.53. The second-order valence-electron chi connectivity index (χ2n) is 2.81. The number of methoxy groups -OCH3 is 1. The Kier molecular flexibility index (Phi) is 2.88. The van der Waals surface area contributed by atoms with Gasteiger partial charge in [-0.3, -0.25) is 4.79 Å². The molecule has 1 saturated carbocycles. The summed E-state index contributed by atoms with van der Waals surface area (Å²) < 4.78 is 9.76. The number of esters is 1. The minimum Gasteiger partial charge on any atom is -0.466 e. The minimum atomic E-state index is -0.0606. The lowest BCUT2D eigenvalue weighted by molar-refractivity contribution is -0.145. The fourth-order valence-electron chi connectivity index (χ4n) is 1.18. The summed E-state index contributed by atoms with van der Waals surface area (Å²) in [5, 5.41) is 0. The number of carbonyl (C=O) groups is 1. The smallest absolute Gasteiger partial charge is 0.309 e. The van der Waals surface area contributed by atoms with E-state index in [-0.39, 0.29) is 11.9 Å². The third kappa shape index (κ3) is 2.19. The van der Waals surface area contributed by atoms with E-state index in [1.807, 2.05) is 6.92 Å². The molecule has 0 spiro atoms. The maximum Gasteiger partial charge on any atom is 0.309 e. The number of hydrogen-bond donors (Lipinski definition) is 0. The highest BCUT2D eigenvalue weighted by Crippen LogP contribution is 2.39. The molecule has 0 unspecified atom stereocenters. The van der Waals surface area contributed by atoms with E-state index in [9.17, 15) is 4.79 Å². The second kappa shape index (κ2) is 3.72. The van der Waals surface area contributed by atoms with Crippen LogP contribution in [0.5, 0.6) is 0 Å². The first-order valence-corrected chi connectivity index (χ1v) is 3.95. The average Bonchev–Trinajstić information content (AvgIpc) is 2.69. The highest BCUT2D eigenvalue weighted by molar-refractivity contribution is 5.75. The van der Waals surface area contributed by atoms with Crippen molar-refractivity contribution >= 4 is 5.97 Å². The van der Waals surface area contributed by atoms with Crippen LogP contribution in [0.1, 0.15) is 13.3 Å². The van der Waals surface area contributed by atoms with Crippen LogP contribution in [0.2, 0.25) is 0 Å². The average molecular weight is 158 g/mol. The largest absolute Gasteiger partial charge is 0.466 e. The number of hydrogen-bond acceptors (Lipinski definition) is 3. The fourth-order valence-corrected chi connectivity index (χ4v) is 1.18. The molecule has 0 aromatic heterocycles. The van der Waals surface area contributed by atoms with Crippen molar-refractivity contribution < 1.29 is 14.3 Å². The Morgan fingerprint density at radius 1 is 1.64 bits per heavy atom. The second-order valence-corrected chi connectivity index (χ2v) is 2.81. The molecule has 0 aromatic rings. The quantitative estimate of drug-likeness (QED) is 0.568. The highest BCUT2D eigenvalue weighted by atomic mass is 16.5. The van der Waals surface area contributed by atoms with Crippen LogP contribution in [-0.2, 0) is 14.3 Å². The van der Waals surface area contributed by atoms with Crippen LogP contribution in [0.25, 0.3) is 0 Å². The Morgan fingerprint density at radius 2 is 2.36 bits per heavy atom. The molecule has 64 valence electrons. The first-order valence-electron chi connectivity index (χ1n) is 3.95. The lowest BCUT2D eigenvalue weighted by Gasteiger charge is -1.99. The normalized spacial score (nSPS) is 28.2. The molecule has 0 N–H and O–H groups in total. The van der Waals surface area contributed by atoms with Gasteiger partial charge in [-0.1, -0.05) is 0 Å². The Morgan fingerprint density at radius 3 is 2.91 bits per heavy atom. The lowest BCUT2D eigenvalue weighted by atomic mass is 10.3. The lowest BCUT2D eigenvalue weighted by Crippen LogP contribution is -2.09. The van der Waals surface area contributed by atoms with Crippen LogP contribution < -0.4 is 0 Å².